The number of carbonyl (C=O) groups is 1. The number of hydrogen-bond donors (Lipinski definition) is 1. The second-order valence-electron chi connectivity index (χ2n) is 5.21. The summed E-state index contributed by atoms with van der Waals surface area (Å²) in [5.74, 6) is 0.324. The highest BCUT2D eigenvalue weighted by molar-refractivity contribution is 6.31. The molecule has 4 rings (SSSR count). The van der Waals surface area contributed by atoms with Crippen LogP contribution in [-0.2, 0) is 0 Å². The molecule has 0 radical (unpaired) electrons. The van der Waals surface area contributed by atoms with Gasteiger partial charge in [0.2, 0.25) is 0 Å². The first kappa shape index (κ1) is 12.0. The van der Waals surface area contributed by atoms with Crippen LogP contribution in [0.15, 0.2) is 36.4 Å². The van der Waals surface area contributed by atoms with Gasteiger partial charge in [0.05, 0.1) is 18.4 Å². The zero-order valence-corrected chi connectivity index (χ0v) is 11.7. The van der Waals surface area contributed by atoms with Crippen molar-refractivity contribution in [3.63, 3.8) is 0 Å². The maximum atomic E-state index is 12.4. The molecule has 1 heterocycles. The van der Waals surface area contributed by atoms with Crippen LogP contribution in [0.4, 0.5) is 5.69 Å². The lowest BCUT2D eigenvalue weighted by Gasteiger charge is -2.12. The van der Waals surface area contributed by atoms with Crippen LogP contribution in [0.3, 0.4) is 0 Å². The number of benzene rings is 3. The zero-order chi connectivity index (χ0) is 14.7. The molecule has 1 aliphatic heterocycles. The molecule has 0 fully saturated rings. The Morgan fingerprint density at radius 2 is 1.90 bits per heavy atom. The molecule has 3 aromatic rings. The molecule has 0 unspecified atom stereocenters. The van der Waals surface area contributed by atoms with Crippen molar-refractivity contribution in [2.75, 3.05) is 19.1 Å². The first-order valence-corrected chi connectivity index (χ1v) is 6.67. The van der Waals surface area contributed by atoms with Gasteiger partial charge in [0.1, 0.15) is 0 Å². The van der Waals surface area contributed by atoms with Gasteiger partial charge >= 0.3 is 0 Å². The van der Waals surface area contributed by atoms with Crippen LogP contribution in [0.5, 0.6) is 11.5 Å². The summed E-state index contributed by atoms with van der Waals surface area (Å²) in [6.45, 7) is 0. The van der Waals surface area contributed by atoms with Crippen molar-refractivity contribution in [3.05, 3.63) is 42.0 Å². The van der Waals surface area contributed by atoms with E-state index in [1.165, 1.54) is 7.11 Å². The summed E-state index contributed by atoms with van der Waals surface area (Å²) < 4.78 is 5.23. The third-order valence-electron chi connectivity index (χ3n) is 4.16. The fourth-order valence-electron chi connectivity index (χ4n) is 3.13. The van der Waals surface area contributed by atoms with Crippen LogP contribution in [0.25, 0.3) is 21.5 Å². The predicted octanol–water partition coefficient (Wildman–Crippen LogP) is 3.30. The van der Waals surface area contributed by atoms with Crippen LogP contribution in [0.2, 0.25) is 0 Å². The Morgan fingerprint density at radius 1 is 1.14 bits per heavy atom. The lowest BCUT2D eigenvalue weighted by molar-refractivity contribution is 0.0999. The summed E-state index contributed by atoms with van der Waals surface area (Å²) in [4.78, 5) is 14.0. The molecule has 0 atom stereocenters. The maximum absolute atomic E-state index is 12.4. The number of phenolic OH excluding ortho intramolecular Hbond substituents is 1. The number of rotatable bonds is 1. The highest BCUT2D eigenvalue weighted by atomic mass is 16.5. The predicted molar refractivity (Wildman–Crippen MR) is 82.4 cm³/mol. The summed E-state index contributed by atoms with van der Waals surface area (Å²) in [5, 5.41) is 13.9. The molecule has 0 aromatic heterocycles. The number of nitrogens with zero attached hydrogens (tertiary/aromatic N) is 1. The molecule has 0 spiro atoms. The number of methoxy groups -OCH3 is 1. The van der Waals surface area contributed by atoms with Gasteiger partial charge in [-0.2, -0.15) is 0 Å². The van der Waals surface area contributed by atoms with E-state index in [1.54, 1.807) is 18.0 Å². The van der Waals surface area contributed by atoms with E-state index in [0.717, 1.165) is 21.8 Å². The summed E-state index contributed by atoms with van der Waals surface area (Å²) in [7, 11) is 3.23. The van der Waals surface area contributed by atoms with Crippen molar-refractivity contribution in [3.8, 4) is 11.5 Å². The van der Waals surface area contributed by atoms with Crippen molar-refractivity contribution < 1.29 is 14.6 Å². The number of phenols is 1. The van der Waals surface area contributed by atoms with Crippen molar-refractivity contribution in [1.82, 2.24) is 0 Å². The minimum absolute atomic E-state index is 0.0800. The van der Waals surface area contributed by atoms with Crippen molar-refractivity contribution >= 4 is 33.1 Å². The van der Waals surface area contributed by atoms with E-state index in [9.17, 15) is 9.90 Å². The van der Waals surface area contributed by atoms with E-state index in [1.807, 2.05) is 30.3 Å². The zero-order valence-electron chi connectivity index (χ0n) is 11.7. The molecule has 0 saturated carbocycles. The second-order valence-corrected chi connectivity index (χ2v) is 5.21. The van der Waals surface area contributed by atoms with Crippen molar-refractivity contribution in [2.24, 2.45) is 0 Å². The Hall–Kier alpha value is -2.75. The summed E-state index contributed by atoms with van der Waals surface area (Å²) in [5.41, 5.74) is 1.39. The lowest BCUT2D eigenvalue weighted by atomic mass is 9.97. The number of anilines is 1. The second kappa shape index (κ2) is 3.88. The van der Waals surface area contributed by atoms with Crippen LogP contribution < -0.4 is 9.64 Å². The highest BCUT2D eigenvalue weighted by Crippen LogP contribution is 2.48. The summed E-state index contributed by atoms with van der Waals surface area (Å²) in [6, 6.07) is 11.4. The van der Waals surface area contributed by atoms with Crippen LogP contribution in [0.1, 0.15) is 10.4 Å². The molecule has 104 valence electrons. The first-order chi connectivity index (χ1) is 10.1. The standard InChI is InChI=1S/C17H13NO3/c1-18-12-7-9-5-3-4-6-10(9)15-14(12)11(17(18)20)8-13(21-2)16(15)19/h3-8,19H,1-2H3. The van der Waals surface area contributed by atoms with Gasteiger partial charge in [-0.1, -0.05) is 24.3 Å². The van der Waals surface area contributed by atoms with Gasteiger partial charge < -0.3 is 14.7 Å². The molecule has 21 heavy (non-hydrogen) atoms. The lowest BCUT2D eigenvalue weighted by Crippen LogP contribution is -2.20. The molecular weight excluding hydrogens is 266 g/mol. The average molecular weight is 279 g/mol. The molecular formula is C17H13NO3. The number of aromatic hydroxyl groups is 1. The average Bonchev–Trinajstić information content (AvgIpc) is 2.74. The number of ether oxygens (including phenoxy) is 1. The van der Waals surface area contributed by atoms with Gasteiger partial charge in [-0.05, 0) is 22.9 Å². The van der Waals surface area contributed by atoms with E-state index in [0.29, 0.717) is 16.7 Å². The van der Waals surface area contributed by atoms with Crippen LogP contribution in [-0.4, -0.2) is 25.2 Å². The van der Waals surface area contributed by atoms with E-state index in [-0.39, 0.29) is 11.7 Å². The first-order valence-electron chi connectivity index (χ1n) is 6.67. The Labute approximate surface area is 121 Å². The molecule has 1 amide bonds. The summed E-state index contributed by atoms with van der Waals surface area (Å²) in [6.07, 6.45) is 0. The molecule has 0 saturated heterocycles. The van der Waals surface area contributed by atoms with Gasteiger partial charge in [-0.25, -0.2) is 0 Å². The van der Waals surface area contributed by atoms with E-state index < -0.39 is 0 Å². The molecule has 4 nitrogen and oxygen atoms in total. The van der Waals surface area contributed by atoms with Gasteiger partial charge in [0.25, 0.3) is 5.91 Å². The molecule has 4 heteroatoms. The van der Waals surface area contributed by atoms with Gasteiger partial charge in [-0.3, -0.25) is 4.79 Å². The molecule has 1 N–H and O–H groups in total. The summed E-state index contributed by atoms with van der Waals surface area (Å²) >= 11 is 0. The van der Waals surface area contributed by atoms with E-state index >= 15 is 0 Å². The van der Waals surface area contributed by atoms with Gasteiger partial charge in [0, 0.05) is 17.8 Å². The molecule has 1 aliphatic rings. The quantitative estimate of drug-likeness (QED) is 0.695. The number of fused-ring (bicyclic) bond motifs is 2. The number of hydrogen-bond acceptors (Lipinski definition) is 3. The highest BCUT2D eigenvalue weighted by Gasteiger charge is 2.31. The third kappa shape index (κ3) is 1.36. The minimum Gasteiger partial charge on any atom is -0.504 e. The smallest absolute Gasteiger partial charge is 0.258 e. The Bertz CT molecular complexity index is 930. The van der Waals surface area contributed by atoms with Crippen LogP contribution >= 0.6 is 0 Å². The largest absolute Gasteiger partial charge is 0.504 e. The topological polar surface area (TPSA) is 49.8 Å². The molecule has 3 aromatic carbocycles. The fourth-order valence-corrected chi connectivity index (χ4v) is 3.13. The van der Waals surface area contributed by atoms with Crippen LogP contribution in [0, 0.1) is 0 Å². The maximum Gasteiger partial charge on any atom is 0.258 e. The molecule has 0 bridgehead atoms. The van der Waals surface area contributed by atoms with E-state index in [4.69, 9.17) is 4.74 Å². The minimum atomic E-state index is -0.0800. The number of amides is 1. The van der Waals surface area contributed by atoms with Gasteiger partial charge in [-0.15, -0.1) is 0 Å². The third-order valence-corrected chi connectivity index (χ3v) is 4.16. The SMILES string of the molecule is COc1cc2c3c(cc4ccccc4c3c1O)N(C)C2=O. The Morgan fingerprint density at radius 3 is 2.67 bits per heavy atom. The fraction of sp³-hybridized carbons (Fsp3) is 0.118. The Balaban J connectivity index is 2.34. The van der Waals surface area contributed by atoms with Crippen molar-refractivity contribution in [1.29, 1.82) is 0 Å². The number of carbonyl (C=O) groups excluding carboxylic acids is 1. The van der Waals surface area contributed by atoms with E-state index in [2.05, 4.69) is 0 Å². The normalized spacial score (nSPS) is 13.4. The monoisotopic (exact) mass is 279 g/mol. The Kier molecular flexibility index (Phi) is 2.22. The van der Waals surface area contributed by atoms with Crippen molar-refractivity contribution in [2.45, 2.75) is 0 Å². The van der Waals surface area contributed by atoms with Gasteiger partial charge in [0.15, 0.2) is 11.5 Å². The molecule has 0 aliphatic carbocycles.